The van der Waals surface area contributed by atoms with Gasteiger partial charge in [-0.2, -0.15) is 0 Å². The number of nitrogens with two attached hydrogens (primary N) is 1. The van der Waals surface area contributed by atoms with Crippen molar-refractivity contribution in [2.75, 3.05) is 5.32 Å². The molecular formula is C17H17BrN2S. The number of nitrogens with one attached hydrogen (secondary N) is 1. The minimum Gasteiger partial charge on any atom is -0.389 e. The molecule has 108 valence electrons. The van der Waals surface area contributed by atoms with Gasteiger partial charge in [0, 0.05) is 15.7 Å². The molecule has 0 heterocycles. The van der Waals surface area contributed by atoms with Crippen molar-refractivity contribution in [2.24, 2.45) is 5.73 Å². The summed E-state index contributed by atoms with van der Waals surface area (Å²) in [5, 5.41) is 3.54. The molecule has 0 bridgehead atoms. The maximum Gasteiger partial charge on any atom is 0.104 e. The van der Waals surface area contributed by atoms with Gasteiger partial charge in [-0.25, -0.2) is 0 Å². The van der Waals surface area contributed by atoms with Crippen molar-refractivity contribution in [3.05, 3.63) is 57.6 Å². The monoisotopic (exact) mass is 360 g/mol. The van der Waals surface area contributed by atoms with E-state index in [9.17, 15) is 0 Å². The lowest BCUT2D eigenvalue weighted by molar-refractivity contribution is 0.687. The summed E-state index contributed by atoms with van der Waals surface area (Å²) in [4.78, 5) is 0.416. The Bertz CT molecular complexity index is 697. The van der Waals surface area contributed by atoms with Crippen molar-refractivity contribution in [2.45, 2.75) is 25.7 Å². The highest BCUT2D eigenvalue weighted by atomic mass is 79.9. The van der Waals surface area contributed by atoms with Crippen LogP contribution in [0.5, 0.6) is 0 Å². The summed E-state index contributed by atoms with van der Waals surface area (Å²) in [6.07, 6.45) is 4.91. The van der Waals surface area contributed by atoms with E-state index in [1.165, 1.54) is 36.1 Å². The molecule has 0 unspecified atom stereocenters. The zero-order valence-corrected chi connectivity index (χ0v) is 14.1. The Kier molecular flexibility index (Phi) is 4.27. The number of aryl methyl sites for hydroxylation is 1. The van der Waals surface area contributed by atoms with Crippen LogP contribution in [0.3, 0.4) is 0 Å². The Balaban J connectivity index is 1.92. The molecule has 2 nitrogen and oxygen atoms in total. The molecule has 0 atom stereocenters. The average molecular weight is 361 g/mol. The quantitative estimate of drug-likeness (QED) is 0.778. The van der Waals surface area contributed by atoms with E-state index < -0.39 is 0 Å². The van der Waals surface area contributed by atoms with Crippen LogP contribution in [0.25, 0.3) is 0 Å². The fourth-order valence-corrected chi connectivity index (χ4v) is 3.42. The molecular weight excluding hydrogens is 344 g/mol. The summed E-state index contributed by atoms with van der Waals surface area (Å²) in [7, 11) is 0. The molecule has 0 amide bonds. The van der Waals surface area contributed by atoms with Gasteiger partial charge in [-0.15, -0.1) is 0 Å². The molecule has 0 saturated heterocycles. The zero-order valence-electron chi connectivity index (χ0n) is 11.7. The molecule has 4 heteroatoms. The fraction of sp³-hybridized carbons (Fsp3) is 0.235. The molecule has 0 aliphatic heterocycles. The standard InChI is InChI=1S/C17H17BrN2S/c18-14-10-12(17(19)21)8-9-16(14)20-15-7-3-5-11-4-1-2-6-13(11)15/h3,5,7-10,20H,1-2,4,6H2,(H2,19,21). The summed E-state index contributed by atoms with van der Waals surface area (Å²) in [5.41, 5.74) is 11.7. The van der Waals surface area contributed by atoms with Crippen LogP contribution >= 0.6 is 28.1 Å². The smallest absolute Gasteiger partial charge is 0.104 e. The highest BCUT2D eigenvalue weighted by Gasteiger charge is 2.13. The second-order valence-electron chi connectivity index (χ2n) is 5.33. The first kappa shape index (κ1) is 14.5. The second kappa shape index (κ2) is 6.16. The van der Waals surface area contributed by atoms with Crippen LogP contribution in [0.15, 0.2) is 40.9 Å². The molecule has 21 heavy (non-hydrogen) atoms. The number of hydrogen-bond acceptors (Lipinski definition) is 2. The topological polar surface area (TPSA) is 38.0 Å². The van der Waals surface area contributed by atoms with Crippen LogP contribution in [0.1, 0.15) is 29.5 Å². The molecule has 0 radical (unpaired) electrons. The second-order valence-corrected chi connectivity index (χ2v) is 6.63. The van der Waals surface area contributed by atoms with Gasteiger partial charge in [0.15, 0.2) is 0 Å². The molecule has 0 saturated carbocycles. The van der Waals surface area contributed by atoms with Crippen molar-refractivity contribution >= 4 is 44.5 Å². The lowest BCUT2D eigenvalue weighted by Gasteiger charge is -2.20. The minimum atomic E-state index is 0.416. The van der Waals surface area contributed by atoms with Gasteiger partial charge in [0.05, 0.1) is 5.69 Å². The number of thiocarbonyl (C=S) groups is 1. The predicted molar refractivity (Wildman–Crippen MR) is 96.4 cm³/mol. The van der Waals surface area contributed by atoms with Gasteiger partial charge in [0.2, 0.25) is 0 Å². The van der Waals surface area contributed by atoms with Crippen LogP contribution in [-0.4, -0.2) is 4.99 Å². The first-order chi connectivity index (χ1) is 10.1. The summed E-state index contributed by atoms with van der Waals surface area (Å²) in [6, 6.07) is 12.4. The summed E-state index contributed by atoms with van der Waals surface area (Å²) in [6.45, 7) is 0. The van der Waals surface area contributed by atoms with Gasteiger partial charge in [-0.05, 0) is 77.0 Å². The Labute approximate surface area is 138 Å². The van der Waals surface area contributed by atoms with E-state index in [-0.39, 0.29) is 0 Å². The number of rotatable bonds is 3. The van der Waals surface area contributed by atoms with E-state index >= 15 is 0 Å². The molecule has 2 aromatic rings. The van der Waals surface area contributed by atoms with Crippen LogP contribution in [0, 0.1) is 0 Å². The predicted octanol–water partition coefficient (Wildman–Crippen LogP) is 4.71. The number of halogens is 1. The lowest BCUT2D eigenvalue weighted by atomic mass is 9.90. The Hall–Kier alpha value is -1.39. The largest absolute Gasteiger partial charge is 0.389 e. The van der Waals surface area contributed by atoms with Crippen molar-refractivity contribution in [3.63, 3.8) is 0 Å². The molecule has 0 fully saturated rings. The normalized spacial score (nSPS) is 13.6. The zero-order chi connectivity index (χ0) is 14.8. The Morgan fingerprint density at radius 3 is 2.67 bits per heavy atom. The fourth-order valence-electron chi connectivity index (χ4n) is 2.81. The number of anilines is 2. The third kappa shape index (κ3) is 3.11. The van der Waals surface area contributed by atoms with Gasteiger partial charge < -0.3 is 11.1 Å². The van der Waals surface area contributed by atoms with E-state index in [0.717, 1.165) is 22.1 Å². The Morgan fingerprint density at radius 2 is 1.90 bits per heavy atom. The van der Waals surface area contributed by atoms with Crippen molar-refractivity contribution in [1.82, 2.24) is 0 Å². The van der Waals surface area contributed by atoms with Gasteiger partial charge in [-0.3, -0.25) is 0 Å². The van der Waals surface area contributed by atoms with Crippen molar-refractivity contribution in [3.8, 4) is 0 Å². The van der Waals surface area contributed by atoms with Crippen LogP contribution in [0.4, 0.5) is 11.4 Å². The molecule has 0 aromatic heterocycles. The van der Waals surface area contributed by atoms with Crippen molar-refractivity contribution in [1.29, 1.82) is 0 Å². The van der Waals surface area contributed by atoms with Gasteiger partial charge in [0.25, 0.3) is 0 Å². The lowest BCUT2D eigenvalue weighted by Crippen LogP contribution is -2.09. The summed E-state index contributed by atoms with van der Waals surface area (Å²) in [5.74, 6) is 0. The first-order valence-corrected chi connectivity index (χ1v) is 8.32. The molecule has 3 N–H and O–H groups in total. The van der Waals surface area contributed by atoms with Crippen molar-refractivity contribution < 1.29 is 0 Å². The number of hydrogen-bond donors (Lipinski definition) is 2. The van der Waals surface area contributed by atoms with Gasteiger partial charge in [-0.1, -0.05) is 24.4 Å². The average Bonchev–Trinajstić information content (AvgIpc) is 2.49. The van der Waals surface area contributed by atoms with Crippen LogP contribution < -0.4 is 11.1 Å². The molecule has 2 aromatic carbocycles. The molecule has 1 aliphatic rings. The highest BCUT2D eigenvalue weighted by molar-refractivity contribution is 9.10. The molecule has 1 aliphatic carbocycles. The maximum absolute atomic E-state index is 5.67. The summed E-state index contributed by atoms with van der Waals surface area (Å²) < 4.78 is 0.973. The van der Waals surface area contributed by atoms with Gasteiger partial charge in [0.1, 0.15) is 4.99 Å². The third-order valence-electron chi connectivity index (χ3n) is 3.92. The van der Waals surface area contributed by atoms with E-state index in [1.54, 1.807) is 0 Å². The van der Waals surface area contributed by atoms with E-state index in [2.05, 4.69) is 39.4 Å². The van der Waals surface area contributed by atoms with Crippen LogP contribution in [0.2, 0.25) is 0 Å². The molecule has 0 spiro atoms. The SMILES string of the molecule is NC(=S)c1ccc(Nc2cccc3c2CCCC3)c(Br)c1. The summed E-state index contributed by atoms with van der Waals surface area (Å²) >= 11 is 8.60. The van der Waals surface area contributed by atoms with E-state index in [4.69, 9.17) is 18.0 Å². The van der Waals surface area contributed by atoms with E-state index in [0.29, 0.717) is 4.99 Å². The van der Waals surface area contributed by atoms with Crippen LogP contribution in [-0.2, 0) is 12.8 Å². The first-order valence-electron chi connectivity index (χ1n) is 7.12. The molecule has 3 rings (SSSR count). The maximum atomic E-state index is 5.67. The Morgan fingerprint density at radius 1 is 1.10 bits per heavy atom. The third-order valence-corrected chi connectivity index (χ3v) is 4.81. The van der Waals surface area contributed by atoms with Gasteiger partial charge >= 0.3 is 0 Å². The highest BCUT2D eigenvalue weighted by Crippen LogP contribution is 2.32. The van der Waals surface area contributed by atoms with E-state index in [1.807, 2.05) is 18.2 Å². The number of benzene rings is 2. The minimum absolute atomic E-state index is 0.416. The number of fused-ring (bicyclic) bond motifs is 1.